The lowest BCUT2D eigenvalue weighted by Gasteiger charge is -2.21. The number of nitrogens with zero attached hydrogens (tertiary/aromatic N) is 3. The maximum atomic E-state index is 12.0. The molecule has 1 aliphatic heterocycles. The molecule has 0 amide bonds. The molecule has 3 aromatic rings. The highest BCUT2D eigenvalue weighted by atomic mass is 32.2. The Morgan fingerprint density at radius 2 is 2.12 bits per heavy atom. The molecule has 0 aliphatic carbocycles. The van der Waals surface area contributed by atoms with Gasteiger partial charge in [0.1, 0.15) is 5.65 Å². The third kappa shape index (κ3) is 2.60. The zero-order valence-corrected chi connectivity index (χ0v) is 14.9. The molecule has 0 fully saturated rings. The minimum absolute atomic E-state index is 0.0637. The maximum Gasteiger partial charge on any atom is 0.232 e. The lowest BCUT2D eigenvalue weighted by Crippen LogP contribution is -2.34. The molecule has 25 heavy (non-hydrogen) atoms. The van der Waals surface area contributed by atoms with Gasteiger partial charge >= 0.3 is 0 Å². The molecule has 0 saturated carbocycles. The van der Waals surface area contributed by atoms with Crippen LogP contribution in [0.25, 0.3) is 16.9 Å². The zero-order valence-electron chi connectivity index (χ0n) is 14.0. The molecular weight excluding hydrogens is 338 g/mol. The van der Waals surface area contributed by atoms with E-state index in [4.69, 9.17) is 0 Å². The van der Waals surface area contributed by atoms with Crippen LogP contribution in [-0.4, -0.2) is 35.2 Å². The number of aliphatic hydroxyl groups excluding tert-OH is 1. The lowest BCUT2D eigenvalue weighted by molar-refractivity contribution is 0.282. The Bertz CT molecular complexity index is 1070. The minimum atomic E-state index is -3.29. The molecule has 1 aromatic carbocycles. The number of fused-ring (bicyclic) bond motifs is 2. The molecule has 0 radical (unpaired) electrons. The van der Waals surface area contributed by atoms with Gasteiger partial charge in [-0.3, -0.25) is 4.31 Å². The Hall–Kier alpha value is -2.38. The van der Waals surface area contributed by atoms with E-state index in [1.54, 1.807) is 0 Å². The van der Waals surface area contributed by atoms with Crippen molar-refractivity contribution in [1.29, 1.82) is 0 Å². The van der Waals surface area contributed by atoms with Crippen LogP contribution in [0.4, 0.5) is 5.69 Å². The molecule has 1 N–H and O–H groups in total. The minimum Gasteiger partial charge on any atom is -0.392 e. The van der Waals surface area contributed by atoms with Crippen molar-refractivity contribution in [2.45, 2.75) is 26.0 Å². The summed E-state index contributed by atoms with van der Waals surface area (Å²) in [5.74, 6) is 0. The molecule has 3 heterocycles. The first-order valence-electron chi connectivity index (χ1n) is 8.08. The van der Waals surface area contributed by atoms with E-state index < -0.39 is 10.0 Å². The van der Waals surface area contributed by atoms with Crippen molar-refractivity contribution in [2.75, 3.05) is 10.6 Å². The molecular formula is C18H19N3O3S. The zero-order chi connectivity index (χ0) is 17.8. The Labute approximate surface area is 146 Å². The van der Waals surface area contributed by atoms with Crippen LogP contribution in [0.3, 0.4) is 0 Å². The third-order valence-corrected chi connectivity index (χ3v) is 5.89. The molecule has 0 saturated heterocycles. The van der Waals surface area contributed by atoms with Crippen LogP contribution in [0.2, 0.25) is 0 Å². The summed E-state index contributed by atoms with van der Waals surface area (Å²) >= 11 is 0. The molecule has 1 atom stereocenters. The smallest absolute Gasteiger partial charge is 0.232 e. The summed E-state index contributed by atoms with van der Waals surface area (Å²) < 4.78 is 27.4. The molecule has 1 aliphatic rings. The topological polar surface area (TPSA) is 74.9 Å². The number of aromatic nitrogens is 2. The Balaban J connectivity index is 1.81. The van der Waals surface area contributed by atoms with E-state index in [0.29, 0.717) is 6.42 Å². The molecule has 2 aromatic heterocycles. The fourth-order valence-corrected chi connectivity index (χ4v) is 4.86. The van der Waals surface area contributed by atoms with Gasteiger partial charge < -0.3 is 9.51 Å². The number of hydrogen-bond donors (Lipinski definition) is 1. The number of pyridine rings is 1. The van der Waals surface area contributed by atoms with Gasteiger partial charge in [-0.2, -0.15) is 0 Å². The van der Waals surface area contributed by atoms with Gasteiger partial charge in [-0.05, 0) is 37.1 Å². The van der Waals surface area contributed by atoms with Gasteiger partial charge in [0, 0.05) is 29.6 Å². The Kier molecular flexibility index (Phi) is 3.59. The van der Waals surface area contributed by atoms with Crippen LogP contribution < -0.4 is 4.31 Å². The number of anilines is 1. The SMILES string of the molecule is CC1Cc2cc(-c3cn4cccc(CO)c4n3)ccc2N1S(C)(=O)=O. The van der Waals surface area contributed by atoms with Crippen molar-refractivity contribution in [3.8, 4) is 11.3 Å². The largest absolute Gasteiger partial charge is 0.392 e. The quantitative estimate of drug-likeness (QED) is 0.780. The average Bonchev–Trinajstić information content (AvgIpc) is 3.12. The molecule has 0 bridgehead atoms. The summed E-state index contributed by atoms with van der Waals surface area (Å²) in [4.78, 5) is 4.64. The average molecular weight is 357 g/mol. The van der Waals surface area contributed by atoms with Crippen molar-refractivity contribution >= 4 is 21.4 Å². The third-order valence-electron chi connectivity index (χ3n) is 4.62. The Morgan fingerprint density at radius 3 is 2.84 bits per heavy atom. The van der Waals surface area contributed by atoms with E-state index in [1.165, 1.54) is 10.6 Å². The molecule has 130 valence electrons. The number of sulfonamides is 1. The van der Waals surface area contributed by atoms with Crippen LogP contribution in [0.1, 0.15) is 18.1 Å². The number of benzene rings is 1. The highest BCUT2D eigenvalue weighted by Gasteiger charge is 2.32. The first kappa shape index (κ1) is 16.1. The number of rotatable bonds is 3. The standard InChI is InChI=1S/C18H19N3O3S/c1-12-8-15-9-13(5-6-17(15)21(12)25(2,23)24)16-10-20-7-3-4-14(11-22)18(20)19-16/h3-7,9-10,12,22H,8,11H2,1-2H3. The van der Waals surface area contributed by atoms with Crippen LogP contribution in [0.5, 0.6) is 0 Å². The van der Waals surface area contributed by atoms with E-state index in [-0.39, 0.29) is 12.6 Å². The van der Waals surface area contributed by atoms with Crippen molar-refractivity contribution in [1.82, 2.24) is 9.38 Å². The number of aliphatic hydroxyl groups is 1. The van der Waals surface area contributed by atoms with E-state index in [1.807, 2.05) is 54.0 Å². The van der Waals surface area contributed by atoms with Gasteiger partial charge in [0.2, 0.25) is 10.0 Å². The summed E-state index contributed by atoms with van der Waals surface area (Å²) in [7, 11) is -3.29. The predicted octanol–water partition coefficient (Wildman–Crippen LogP) is 2.20. The predicted molar refractivity (Wildman–Crippen MR) is 97.0 cm³/mol. The molecule has 1 unspecified atom stereocenters. The summed E-state index contributed by atoms with van der Waals surface area (Å²) in [6, 6.07) is 9.40. The molecule has 4 rings (SSSR count). The summed E-state index contributed by atoms with van der Waals surface area (Å²) in [6.07, 6.45) is 5.74. The van der Waals surface area contributed by atoms with Crippen molar-refractivity contribution in [3.05, 3.63) is 53.9 Å². The van der Waals surface area contributed by atoms with Gasteiger partial charge in [-0.25, -0.2) is 13.4 Å². The molecule has 7 heteroatoms. The molecule has 0 spiro atoms. The van der Waals surface area contributed by atoms with Gasteiger partial charge in [0.15, 0.2) is 0 Å². The lowest BCUT2D eigenvalue weighted by atomic mass is 10.1. The highest BCUT2D eigenvalue weighted by molar-refractivity contribution is 7.92. The fourth-order valence-electron chi connectivity index (χ4n) is 3.60. The van der Waals surface area contributed by atoms with Gasteiger partial charge in [-0.1, -0.05) is 12.1 Å². The maximum absolute atomic E-state index is 12.0. The van der Waals surface area contributed by atoms with Crippen LogP contribution in [-0.2, 0) is 23.1 Å². The van der Waals surface area contributed by atoms with Crippen LogP contribution in [0.15, 0.2) is 42.7 Å². The second kappa shape index (κ2) is 5.57. The second-order valence-electron chi connectivity index (χ2n) is 6.50. The van der Waals surface area contributed by atoms with Gasteiger partial charge in [0.05, 0.1) is 24.2 Å². The normalized spacial score (nSPS) is 17.2. The van der Waals surface area contributed by atoms with Crippen molar-refractivity contribution < 1.29 is 13.5 Å². The van der Waals surface area contributed by atoms with Crippen molar-refractivity contribution in [2.24, 2.45) is 0 Å². The molecule has 6 nitrogen and oxygen atoms in total. The van der Waals surface area contributed by atoms with Gasteiger partial charge in [0.25, 0.3) is 0 Å². The van der Waals surface area contributed by atoms with Gasteiger partial charge in [-0.15, -0.1) is 0 Å². The first-order chi connectivity index (χ1) is 11.9. The van der Waals surface area contributed by atoms with Crippen molar-refractivity contribution in [3.63, 3.8) is 0 Å². The fraction of sp³-hybridized carbons (Fsp3) is 0.278. The van der Waals surface area contributed by atoms with E-state index in [2.05, 4.69) is 4.98 Å². The van der Waals surface area contributed by atoms with E-state index in [9.17, 15) is 13.5 Å². The monoisotopic (exact) mass is 357 g/mol. The highest BCUT2D eigenvalue weighted by Crippen LogP contribution is 2.36. The summed E-state index contributed by atoms with van der Waals surface area (Å²) in [6.45, 7) is 1.85. The first-order valence-corrected chi connectivity index (χ1v) is 9.93. The number of imidazole rings is 1. The summed E-state index contributed by atoms with van der Waals surface area (Å²) in [5.41, 5.74) is 5.00. The van der Waals surface area contributed by atoms with E-state index in [0.717, 1.165) is 33.7 Å². The van der Waals surface area contributed by atoms with Crippen LogP contribution in [0, 0.1) is 0 Å². The summed E-state index contributed by atoms with van der Waals surface area (Å²) in [5, 5.41) is 9.46. The van der Waals surface area contributed by atoms with E-state index >= 15 is 0 Å². The number of hydrogen-bond acceptors (Lipinski definition) is 4. The second-order valence-corrected chi connectivity index (χ2v) is 8.36. The Morgan fingerprint density at radius 1 is 1.32 bits per heavy atom. The van der Waals surface area contributed by atoms with Crippen LogP contribution >= 0.6 is 0 Å².